The molecule has 1 amide bonds. The number of carbonyl (C=O) groups is 1. The third kappa shape index (κ3) is 3.95. The zero-order chi connectivity index (χ0) is 15.5. The van der Waals surface area contributed by atoms with Crippen LogP contribution in [0, 0.1) is 0 Å². The summed E-state index contributed by atoms with van der Waals surface area (Å²) < 4.78 is 11.1. The lowest BCUT2D eigenvalue weighted by Crippen LogP contribution is -2.42. The van der Waals surface area contributed by atoms with Crippen molar-refractivity contribution < 1.29 is 14.3 Å². The number of ether oxygens (including phenoxy) is 2. The van der Waals surface area contributed by atoms with Gasteiger partial charge in [-0.25, -0.2) is 0 Å². The molecule has 5 nitrogen and oxygen atoms in total. The molecule has 1 aliphatic heterocycles. The van der Waals surface area contributed by atoms with Crippen LogP contribution >= 0.6 is 0 Å². The first kappa shape index (κ1) is 15.8. The number of hydrogen-bond donors (Lipinski definition) is 2. The van der Waals surface area contributed by atoms with Crippen molar-refractivity contribution in [2.75, 3.05) is 13.7 Å². The molecule has 116 valence electrons. The Morgan fingerprint density at radius 1 is 1.52 bits per heavy atom. The molecule has 0 spiro atoms. The van der Waals surface area contributed by atoms with Gasteiger partial charge in [0.1, 0.15) is 11.4 Å². The van der Waals surface area contributed by atoms with Crippen molar-refractivity contribution in [3.05, 3.63) is 29.8 Å². The molecule has 2 rings (SSSR count). The molecule has 0 fully saturated rings. The van der Waals surface area contributed by atoms with E-state index in [1.54, 1.807) is 7.11 Å². The molecule has 1 aliphatic rings. The molecule has 1 aromatic carbocycles. The Hall–Kier alpha value is -1.59. The lowest BCUT2D eigenvalue weighted by molar-refractivity contribution is -0.124. The maximum absolute atomic E-state index is 12.2. The van der Waals surface area contributed by atoms with Crippen molar-refractivity contribution in [1.29, 1.82) is 0 Å². The molecule has 0 bridgehead atoms. The van der Waals surface area contributed by atoms with Gasteiger partial charge in [0.05, 0.1) is 18.6 Å². The molecular formula is C16H24N2O3. The largest absolute Gasteiger partial charge is 0.487 e. The summed E-state index contributed by atoms with van der Waals surface area (Å²) in [4.78, 5) is 12.2. The van der Waals surface area contributed by atoms with Gasteiger partial charge in [-0.15, -0.1) is 0 Å². The van der Waals surface area contributed by atoms with Crippen LogP contribution in [-0.4, -0.2) is 31.3 Å². The van der Waals surface area contributed by atoms with E-state index in [1.165, 1.54) is 0 Å². The van der Waals surface area contributed by atoms with E-state index in [1.807, 2.05) is 38.1 Å². The molecule has 0 saturated carbocycles. The van der Waals surface area contributed by atoms with Crippen molar-refractivity contribution in [2.45, 2.75) is 44.4 Å². The van der Waals surface area contributed by atoms with E-state index in [0.29, 0.717) is 6.54 Å². The van der Waals surface area contributed by atoms with E-state index < -0.39 is 0 Å². The molecule has 5 heteroatoms. The number of nitrogens with one attached hydrogen (secondary N) is 1. The number of para-hydroxylation sites is 1. The molecule has 0 aliphatic carbocycles. The number of benzene rings is 1. The smallest absolute Gasteiger partial charge is 0.223 e. The van der Waals surface area contributed by atoms with Gasteiger partial charge in [0.15, 0.2) is 0 Å². The van der Waals surface area contributed by atoms with Gasteiger partial charge in [0.25, 0.3) is 0 Å². The fraction of sp³-hybridized carbons (Fsp3) is 0.562. The minimum atomic E-state index is -0.305. The highest BCUT2D eigenvalue weighted by Crippen LogP contribution is 2.39. The Labute approximate surface area is 125 Å². The van der Waals surface area contributed by atoms with Crippen molar-refractivity contribution in [3.8, 4) is 5.75 Å². The third-order valence-electron chi connectivity index (χ3n) is 3.72. The van der Waals surface area contributed by atoms with E-state index in [4.69, 9.17) is 15.2 Å². The second-order valence-electron chi connectivity index (χ2n) is 6.02. The van der Waals surface area contributed by atoms with E-state index in [2.05, 4.69) is 5.32 Å². The first-order chi connectivity index (χ1) is 9.95. The quantitative estimate of drug-likeness (QED) is 0.867. The summed E-state index contributed by atoms with van der Waals surface area (Å²) in [5.74, 6) is 0.783. The third-order valence-corrected chi connectivity index (χ3v) is 3.72. The van der Waals surface area contributed by atoms with Crippen LogP contribution in [0.2, 0.25) is 0 Å². The van der Waals surface area contributed by atoms with Crippen LogP contribution in [0.3, 0.4) is 0 Å². The molecule has 1 heterocycles. The van der Waals surface area contributed by atoms with E-state index in [-0.39, 0.29) is 30.1 Å². The number of fused-ring (bicyclic) bond motifs is 1. The summed E-state index contributed by atoms with van der Waals surface area (Å²) in [6.45, 7) is 4.39. The Bertz CT molecular complexity index is 498. The standard InChI is InChI=1S/C16H24N2O3/c1-16(2)9-13(12-6-4-5-7-14(12)21-16)18-15(19)8-11(10-17)20-3/h4-7,11,13H,8-10,17H2,1-3H3,(H,18,19). The molecule has 2 unspecified atom stereocenters. The normalized spacial score (nSPS) is 21.0. The van der Waals surface area contributed by atoms with Gasteiger partial charge in [-0.05, 0) is 19.9 Å². The van der Waals surface area contributed by atoms with Crippen molar-refractivity contribution in [3.63, 3.8) is 0 Å². The number of hydrogen-bond acceptors (Lipinski definition) is 4. The van der Waals surface area contributed by atoms with Crippen molar-refractivity contribution in [2.24, 2.45) is 5.73 Å². The van der Waals surface area contributed by atoms with Crippen LogP contribution < -0.4 is 15.8 Å². The number of amides is 1. The average molecular weight is 292 g/mol. The Morgan fingerprint density at radius 3 is 2.90 bits per heavy atom. The Balaban J connectivity index is 2.10. The fourth-order valence-corrected chi connectivity index (χ4v) is 2.65. The second-order valence-corrected chi connectivity index (χ2v) is 6.02. The van der Waals surface area contributed by atoms with E-state index in [9.17, 15) is 4.79 Å². The first-order valence-electron chi connectivity index (χ1n) is 7.25. The molecule has 0 radical (unpaired) electrons. The van der Waals surface area contributed by atoms with Crippen LogP contribution in [0.5, 0.6) is 5.75 Å². The Morgan fingerprint density at radius 2 is 2.24 bits per heavy atom. The number of nitrogens with two attached hydrogens (primary N) is 1. The van der Waals surface area contributed by atoms with Crippen molar-refractivity contribution in [1.82, 2.24) is 5.32 Å². The van der Waals surface area contributed by atoms with Gasteiger partial charge in [-0.3, -0.25) is 4.79 Å². The zero-order valence-electron chi connectivity index (χ0n) is 12.9. The van der Waals surface area contributed by atoms with Crippen LogP contribution in [0.1, 0.15) is 38.3 Å². The fourth-order valence-electron chi connectivity index (χ4n) is 2.65. The molecule has 0 aromatic heterocycles. The summed E-state index contributed by atoms with van der Waals surface area (Å²) >= 11 is 0. The predicted octanol–water partition coefficient (Wildman–Crippen LogP) is 1.77. The first-order valence-corrected chi connectivity index (χ1v) is 7.25. The molecule has 3 N–H and O–H groups in total. The lowest BCUT2D eigenvalue weighted by Gasteiger charge is -2.38. The van der Waals surface area contributed by atoms with Gasteiger partial charge < -0.3 is 20.5 Å². The highest BCUT2D eigenvalue weighted by atomic mass is 16.5. The van der Waals surface area contributed by atoms with Gasteiger partial charge >= 0.3 is 0 Å². The summed E-state index contributed by atoms with van der Waals surface area (Å²) in [5, 5.41) is 3.08. The van der Waals surface area contributed by atoms with Gasteiger partial charge in [0.2, 0.25) is 5.91 Å². The summed E-state index contributed by atoms with van der Waals surface area (Å²) in [7, 11) is 1.57. The van der Waals surface area contributed by atoms with Crippen LogP contribution in [0.25, 0.3) is 0 Å². The van der Waals surface area contributed by atoms with Crippen molar-refractivity contribution >= 4 is 5.91 Å². The maximum atomic E-state index is 12.2. The highest BCUT2D eigenvalue weighted by molar-refractivity contribution is 5.77. The molecule has 1 aromatic rings. The highest BCUT2D eigenvalue weighted by Gasteiger charge is 2.34. The molecule has 21 heavy (non-hydrogen) atoms. The van der Waals surface area contributed by atoms with Crippen LogP contribution in [0.15, 0.2) is 24.3 Å². The minimum absolute atomic E-state index is 0.0484. The minimum Gasteiger partial charge on any atom is -0.487 e. The Kier molecular flexibility index (Phi) is 4.85. The van der Waals surface area contributed by atoms with Crippen LogP contribution in [0.4, 0.5) is 0 Å². The number of carbonyl (C=O) groups excluding carboxylic acids is 1. The number of methoxy groups -OCH3 is 1. The summed E-state index contributed by atoms with van der Waals surface area (Å²) in [5.41, 5.74) is 6.27. The lowest BCUT2D eigenvalue weighted by atomic mass is 9.89. The maximum Gasteiger partial charge on any atom is 0.223 e. The topological polar surface area (TPSA) is 73.6 Å². The second kappa shape index (κ2) is 6.45. The average Bonchev–Trinajstić information content (AvgIpc) is 2.43. The molecule has 2 atom stereocenters. The monoisotopic (exact) mass is 292 g/mol. The van der Waals surface area contributed by atoms with Gasteiger partial charge in [0, 0.05) is 25.6 Å². The zero-order valence-corrected chi connectivity index (χ0v) is 12.9. The van der Waals surface area contributed by atoms with Crippen LogP contribution in [-0.2, 0) is 9.53 Å². The predicted molar refractivity (Wildman–Crippen MR) is 81.1 cm³/mol. The van der Waals surface area contributed by atoms with Gasteiger partial charge in [-0.2, -0.15) is 0 Å². The summed E-state index contributed by atoms with van der Waals surface area (Å²) in [6.07, 6.45) is 0.760. The van der Waals surface area contributed by atoms with E-state index in [0.717, 1.165) is 17.7 Å². The van der Waals surface area contributed by atoms with Gasteiger partial charge in [-0.1, -0.05) is 18.2 Å². The summed E-state index contributed by atoms with van der Waals surface area (Å²) in [6, 6.07) is 7.78. The van der Waals surface area contributed by atoms with E-state index >= 15 is 0 Å². The number of rotatable bonds is 5. The molecular weight excluding hydrogens is 268 g/mol. The SMILES string of the molecule is COC(CN)CC(=O)NC1CC(C)(C)Oc2ccccc21. The molecule has 0 saturated heterocycles.